The predicted octanol–water partition coefficient (Wildman–Crippen LogP) is 0.103. The van der Waals surface area contributed by atoms with Crippen LogP contribution in [0.15, 0.2) is 0 Å². The first-order chi connectivity index (χ1) is 8.85. The van der Waals surface area contributed by atoms with Gasteiger partial charge >= 0.3 is 0 Å². The van der Waals surface area contributed by atoms with Crippen molar-refractivity contribution < 1.29 is 8.42 Å². The van der Waals surface area contributed by atoms with Gasteiger partial charge in [-0.2, -0.15) is 0 Å². The second kappa shape index (κ2) is 7.52. The number of nitrogens with two attached hydrogens (primary N) is 1. The summed E-state index contributed by atoms with van der Waals surface area (Å²) in [4.78, 5) is 4.98. The van der Waals surface area contributed by atoms with Crippen LogP contribution in [0, 0.1) is 0 Å². The van der Waals surface area contributed by atoms with Crippen molar-refractivity contribution >= 4 is 27.0 Å². The van der Waals surface area contributed by atoms with Crippen LogP contribution in [0.3, 0.4) is 0 Å². The van der Waals surface area contributed by atoms with E-state index >= 15 is 0 Å². The maximum atomic E-state index is 11.7. The van der Waals surface area contributed by atoms with Gasteiger partial charge in [0.2, 0.25) is 0 Å². The molecule has 1 aliphatic heterocycles. The van der Waals surface area contributed by atoms with Crippen molar-refractivity contribution in [2.24, 2.45) is 5.73 Å². The number of rotatable bonds is 7. The molecule has 0 aromatic carbocycles. The maximum Gasteiger partial charge on any atom is 0.151 e. The highest BCUT2D eigenvalue weighted by atomic mass is 32.2. The molecule has 112 valence electrons. The zero-order valence-electron chi connectivity index (χ0n) is 11.8. The molecule has 0 amide bonds. The molecule has 0 bridgehead atoms. The molecule has 5 nitrogen and oxygen atoms in total. The lowest BCUT2D eigenvalue weighted by Crippen LogP contribution is -2.53. The first-order valence-electron chi connectivity index (χ1n) is 6.82. The summed E-state index contributed by atoms with van der Waals surface area (Å²) in [6.45, 7) is 8.11. The molecule has 0 aliphatic carbocycles. The van der Waals surface area contributed by atoms with E-state index in [-0.39, 0.29) is 11.8 Å². The van der Waals surface area contributed by atoms with Crippen LogP contribution in [0.4, 0.5) is 0 Å². The number of sulfone groups is 1. The Morgan fingerprint density at radius 1 is 1.26 bits per heavy atom. The average Bonchev–Trinajstić information content (AvgIpc) is 2.36. The quantitative estimate of drug-likeness (QED) is 0.673. The van der Waals surface area contributed by atoms with Gasteiger partial charge in [-0.05, 0) is 13.3 Å². The summed E-state index contributed by atoms with van der Waals surface area (Å²) in [7, 11) is -2.87. The van der Waals surface area contributed by atoms with Gasteiger partial charge in [-0.1, -0.05) is 19.1 Å². The fourth-order valence-corrected chi connectivity index (χ4v) is 3.75. The van der Waals surface area contributed by atoms with Crippen molar-refractivity contribution in [3.05, 3.63) is 0 Å². The standard InChI is InChI=1S/C12H25N3O2S2/c1-3-9-19(16,17)10-8-14-4-6-15(7-5-14)11(2)12(13)18/h11H,3-10H2,1-2H3,(H2,13,18). The molecule has 1 fully saturated rings. The predicted molar refractivity (Wildman–Crippen MR) is 83.2 cm³/mol. The Kier molecular flexibility index (Phi) is 6.65. The number of nitrogens with zero attached hydrogens (tertiary/aromatic N) is 2. The molecular weight excluding hydrogens is 282 g/mol. The monoisotopic (exact) mass is 307 g/mol. The summed E-state index contributed by atoms with van der Waals surface area (Å²) in [5, 5.41) is 0. The van der Waals surface area contributed by atoms with Crippen LogP contribution in [0.25, 0.3) is 0 Å². The molecule has 1 rings (SSSR count). The van der Waals surface area contributed by atoms with E-state index < -0.39 is 9.84 Å². The summed E-state index contributed by atoms with van der Waals surface area (Å²) < 4.78 is 23.3. The van der Waals surface area contributed by atoms with E-state index in [1.54, 1.807) is 0 Å². The van der Waals surface area contributed by atoms with E-state index in [0.29, 0.717) is 23.7 Å². The molecule has 1 heterocycles. The van der Waals surface area contributed by atoms with Crippen molar-refractivity contribution in [1.29, 1.82) is 0 Å². The maximum absolute atomic E-state index is 11.7. The summed E-state index contributed by atoms with van der Waals surface area (Å²) in [5.74, 6) is 0.567. The molecule has 1 atom stereocenters. The Balaban J connectivity index is 2.33. The van der Waals surface area contributed by atoms with Gasteiger partial charge in [-0.25, -0.2) is 8.42 Å². The Labute approximate surface area is 122 Å². The van der Waals surface area contributed by atoms with Gasteiger partial charge in [0.15, 0.2) is 9.84 Å². The van der Waals surface area contributed by atoms with Crippen LogP contribution in [0.5, 0.6) is 0 Å². The van der Waals surface area contributed by atoms with Crippen LogP contribution < -0.4 is 5.73 Å². The van der Waals surface area contributed by atoms with Gasteiger partial charge in [-0.15, -0.1) is 0 Å². The van der Waals surface area contributed by atoms with E-state index in [1.165, 1.54) is 0 Å². The SMILES string of the molecule is CCCS(=O)(=O)CCN1CCN(C(C)C(N)=S)CC1. The van der Waals surface area contributed by atoms with E-state index in [0.717, 1.165) is 26.2 Å². The lowest BCUT2D eigenvalue weighted by molar-refractivity contribution is 0.128. The molecule has 0 aromatic rings. The van der Waals surface area contributed by atoms with Crippen LogP contribution in [-0.4, -0.2) is 73.5 Å². The third-order valence-corrected chi connectivity index (χ3v) is 5.78. The fourth-order valence-electron chi connectivity index (χ4n) is 2.24. The molecule has 0 radical (unpaired) electrons. The summed E-state index contributed by atoms with van der Waals surface area (Å²) >= 11 is 5.00. The zero-order chi connectivity index (χ0) is 14.5. The molecular formula is C12H25N3O2S2. The Bertz CT molecular complexity index is 390. The van der Waals surface area contributed by atoms with Crippen molar-refractivity contribution in [2.75, 3.05) is 44.2 Å². The zero-order valence-corrected chi connectivity index (χ0v) is 13.5. The minimum Gasteiger partial charge on any atom is -0.392 e. The normalized spacial score (nSPS) is 20.3. The molecule has 1 saturated heterocycles. The summed E-state index contributed by atoms with van der Waals surface area (Å²) in [5.41, 5.74) is 5.65. The molecule has 19 heavy (non-hydrogen) atoms. The van der Waals surface area contributed by atoms with Gasteiger partial charge in [0.05, 0.1) is 16.8 Å². The van der Waals surface area contributed by atoms with Gasteiger partial charge in [0.1, 0.15) is 0 Å². The van der Waals surface area contributed by atoms with Crippen molar-refractivity contribution in [2.45, 2.75) is 26.3 Å². The molecule has 0 aromatic heterocycles. The lowest BCUT2D eigenvalue weighted by atomic mass is 10.2. The van der Waals surface area contributed by atoms with Crippen LogP contribution in [-0.2, 0) is 9.84 Å². The first kappa shape index (κ1) is 16.8. The minimum atomic E-state index is -2.87. The number of hydrogen-bond acceptors (Lipinski definition) is 5. The second-order valence-electron chi connectivity index (χ2n) is 5.11. The van der Waals surface area contributed by atoms with E-state index in [2.05, 4.69) is 9.80 Å². The highest BCUT2D eigenvalue weighted by molar-refractivity contribution is 7.91. The van der Waals surface area contributed by atoms with Crippen molar-refractivity contribution in [3.63, 3.8) is 0 Å². The Morgan fingerprint density at radius 3 is 2.32 bits per heavy atom. The largest absolute Gasteiger partial charge is 0.392 e. The molecule has 1 aliphatic rings. The van der Waals surface area contributed by atoms with Gasteiger partial charge < -0.3 is 5.73 Å². The van der Waals surface area contributed by atoms with Crippen LogP contribution >= 0.6 is 12.2 Å². The molecule has 7 heteroatoms. The van der Waals surface area contributed by atoms with Gasteiger partial charge in [-0.3, -0.25) is 9.80 Å². The molecule has 0 spiro atoms. The van der Waals surface area contributed by atoms with Crippen LogP contribution in [0.2, 0.25) is 0 Å². The van der Waals surface area contributed by atoms with Gasteiger partial charge in [0.25, 0.3) is 0 Å². The summed E-state index contributed by atoms with van der Waals surface area (Å²) in [6, 6.07) is 0.126. The third-order valence-electron chi connectivity index (χ3n) is 3.60. The highest BCUT2D eigenvalue weighted by Gasteiger charge is 2.23. The lowest BCUT2D eigenvalue weighted by Gasteiger charge is -2.37. The van der Waals surface area contributed by atoms with Gasteiger partial charge in [0, 0.05) is 38.5 Å². The number of piperazine rings is 1. The first-order valence-corrected chi connectivity index (χ1v) is 9.05. The van der Waals surface area contributed by atoms with E-state index in [9.17, 15) is 8.42 Å². The Hall–Kier alpha value is -0.240. The van der Waals surface area contributed by atoms with E-state index in [1.807, 2.05) is 13.8 Å². The number of hydrogen-bond donors (Lipinski definition) is 1. The number of thiocarbonyl (C=S) groups is 1. The third kappa shape index (κ3) is 5.72. The Morgan fingerprint density at radius 2 is 1.84 bits per heavy atom. The smallest absolute Gasteiger partial charge is 0.151 e. The van der Waals surface area contributed by atoms with Crippen molar-refractivity contribution in [3.8, 4) is 0 Å². The fraction of sp³-hybridized carbons (Fsp3) is 0.917. The topological polar surface area (TPSA) is 66.6 Å². The average molecular weight is 307 g/mol. The molecule has 1 unspecified atom stereocenters. The minimum absolute atomic E-state index is 0.126. The van der Waals surface area contributed by atoms with Crippen LogP contribution in [0.1, 0.15) is 20.3 Å². The second-order valence-corrected chi connectivity index (χ2v) is 7.88. The van der Waals surface area contributed by atoms with Crippen molar-refractivity contribution in [1.82, 2.24) is 9.80 Å². The molecule has 2 N–H and O–H groups in total. The molecule has 0 saturated carbocycles. The van der Waals surface area contributed by atoms with E-state index in [4.69, 9.17) is 18.0 Å². The highest BCUT2D eigenvalue weighted by Crippen LogP contribution is 2.07. The summed E-state index contributed by atoms with van der Waals surface area (Å²) in [6.07, 6.45) is 0.696.